The van der Waals surface area contributed by atoms with E-state index in [9.17, 15) is 0 Å². The molecule has 2 aromatic rings. The number of pyridine rings is 1. The second-order valence-corrected chi connectivity index (χ2v) is 7.23. The Morgan fingerprint density at radius 2 is 1.83 bits per heavy atom. The molecular formula is C22H26N2. The normalized spacial score (nSPS) is 18.8. The van der Waals surface area contributed by atoms with Gasteiger partial charge in [0.25, 0.3) is 0 Å². The van der Waals surface area contributed by atoms with Crippen LogP contribution in [0.2, 0.25) is 0 Å². The Kier molecular flexibility index (Phi) is 4.38. The Bertz CT molecular complexity index is 712. The Labute approximate surface area is 145 Å². The minimum Gasteiger partial charge on any atom is -0.369 e. The van der Waals surface area contributed by atoms with E-state index in [0.29, 0.717) is 0 Å². The quantitative estimate of drug-likeness (QED) is 0.821. The van der Waals surface area contributed by atoms with Crippen LogP contribution >= 0.6 is 0 Å². The fourth-order valence-electron chi connectivity index (χ4n) is 4.34. The molecule has 0 radical (unpaired) electrons. The molecule has 1 aromatic heterocycles. The van der Waals surface area contributed by atoms with Gasteiger partial charge in [0.15, 0.2) is 0 Å². The predicted octanol–water partition coefficient (Wildman–Crippen LogP) is 5.36. The van der Waals surface area contributed by atoms with E-state index in [1.165, 1.54) is 48.8 Å². The number of fused-ring (bicyclic) bond motifs is 1. The molecule has 2 nitrogen and oxygen atoms in total. The lowest BCUT2D eigenvalue weighted by Crippen LogP contribution is -2.36. The molecule has 0 spiro atoms. The van der Waals surface area contributed by atoms with Crippen molar-refractivity contribution in [3.8, 4) is 0 Å². The van der Waals surface area contributed by atoms with E-state index in [1.807, 2.05) is 6.20 Å². The Morgan fingerprint density at radius 3 is 2.67 bits per heavy atom. The highest BCUT2D eigenvalue weighted by Crippen LogP contribution is 2.40. The summed E-state index contributed by atoms with van der Waals surface area (Å²) < 4.78 is 0. The van der Waals surface area contributed by atoms with Gasteiger partial charge in [-0.15, -0.1) is 0 Å². The summed E-state index contributed by atoms with van der Waals surface area (Å²) in [5, 5.41) is 3.72. The number of rotatable bonds is 4. The zero-order valence-electron chi connectivity index (χ0n) is 14.3. The van der Waals surface area contributed by atoms with Crippen molar-refractivity contribution in [3.63, 3.8) is 0 Å². The molecule has 2 aliphatic rings. The summed E-state index contributed by atoms with van der Waals surface area (Å²) in [6.07, 6.45) is 15.3. The smallest absolute Gasteiger partial charge is 0.133 e. The van der Waals surface area contributed by atoms with Crippen LogP contribution in [0.15, 0.2) is 48.7 Å². The van der Waals surface area contributed by atoms with Gasteiger partial charge in [-0.25, -0.2) is 4.98 Å². The zero-order valence-corrected chi connectivity index (χ0v) is 14.3. The lowest BCUT2D eigenvalue weighted by Gasteiger charge is -2.38. The van der Waals surface area contributed by atoms with Crippen LogP contribution in [-0.4, -0.2) is 11.5 Å². The van der Waals surface area contributed by atoms with Gasteiger partial charge < -0.3 is 5.32 Å². The van der Waals surface area contributed by atoms with Gasteiger partial charge in [-0.1, -0.05) is 61.7 Å². The van der Waals surface area contributed by atoms with Crippen molar-refractivity contribution in [2.45, 2.75) is 50.4 Å². The van der Waals surface area contributed by atoms with Crippen LogP contribution < -0.4 is 5.32 Å². The van der Waals surface area contributed by atoms with Crippen LogP contribution in [0.25, 0.3) is 6.08 Å². The van der Waals surface area contributed by atoms with Gasteiger partial charge >= 0.3 is 0 Å². The summed E-state index contributed by atoms with van der Waals surface area (Å²) in [5.41, 5.74) is 4.45. The molecule has 1 saturated carbocycles. The summed E-state index contributed by atoms with van der Waals surface area (Å²) in [4.78, 5) is 4.64. The number of benzene rings is 1. The zero-order chi connectivity index (χ0) is 16.2. The van der Waals surface area contributed by atoms with Crippen molar-refractivity contribution in [1.82, 2.24) is 4.98 Å². The third-order valence-corrected chi connectivity index (χ3v) is 5.74. The number of nitrogens with one attached hydrogen (secondary N) is 1. The van der Waals surface area contributed by atoms with Crippen molar-refractivity contribution in [1.29, 1.82) is 0 Å². The molecule has 0 bridgehead atoms. The van der Waals surface area contributed by atoms with Gasteiger partial charge in [0.2, 0.25) is 0 Å². The summed E-state index contributed by atoms with van der Waals surface area (Å²) in [6, 6.07) is 13.3. The van der Waals surface area contributed by atoms with Crippen LogP contribution in [0, 0.1) is 0 Å². The highest BCUT2D eigenvalue weighted by Gasteiger charge is 2.33. The molecule has 4 rings (SSSR count). The second-order valence-electron chi connectivity index (χ2n) is 7.23. The predicted molar refractivity (Wildman–Crippen MR) is 101 cm³/mol. The second kappa shape index (κ2) is 6.80. The van der Waals surface area contributed by atoms with Gasteiger partial charge in [-0.2, -0.15) is 0 Å². The Morgan fingerprint density at radius 1 is 1.00 bits per heavy atom. The molecule has 1 heterocycles. The first-order chi connectivity index (χ1) is 11.9. The Balaban J connectivity index is 1.60. The highest BCUT2D eigenvalue weighted by molar-refractivity contribution is 5.67. The summed E-state index contributed by atoms with van der Waals surface area (Å²) >= 11 is 0. The number of anilines is 1. The van der Waals surface area contributed by atoms with Gasteiger partial charge in [-0.05, 0) is 42.9 Å². The summed E-state index contributed by atoms with van der Waals surface area (Å²) in [7, 11) is 0. The first kappa shape index (κ1) is 15.4. The molecule has 0 unspecified atom stereocenters. The van der Waals surface area contributed by atoms with Gasteiger partial charge in [0, 0.05) is 23.7 Å². The minimum atomic E-state index is 0.252. The minimum absolute atomic E-state index is 0.252. The van der Waals surface area contributed by atoms with Gasteiger partial charge in [0.1, 0.15) is 5.82 Å². The number of hydrogen-bond acceptors (Lipinski definition) is 2. The Hall–Kier alpha value is -2.09. The molecule has 0 saturated heterocycles. The molecule has 24 heavy (non-hydrogen) atoms. The fraction of sp³-hybridized carbons (Fsp3) is 0.409. The van der Waals surface area contributed by atoms with Crippen LogP contribution in [-0.2, 0) is 11.8 Å². The van der Waals surface area contributed by atoms with E-state index < -0.39 is 0 Å². The summed E-state index contributed by atoms with van der Waals surface area (Å²) in [5.74, 6) is 1.06. The van der Waals surface area contributed by atoms with E-state index in [4.69, 9.17) is 0 Å². The molecule has 1 aromatic carbocycles. The van der Waals surface area contributed by atoms with Gasteiger partial charge in [0.05, 0.1) is 0 Å². The topological polar surface area (TPSA) is 24.9 Å². The molecular weight excluding hydrogens is 292 g/mol. The molecule has 2 heteroatoms. The first-order valence-corrected chi connectivity index (χ1v) is 9.31. The molecule has 124 valence electrons. The van der Waals surface area contributed by atoms with Crippen LogP contribution in [0.5, 0.6) is 0 Å². The molecule has 0 aliphatic heterocycles. The maximum Gasteiger partial charge on any atom is 0.133 e. The number of nitrogens with zero attached hydrogens (tertiary/aromatic N) is 1. The van der Waals surface area contributed by atoms with Crippen LogP contribution in [0.1, 0.15) is 55.2 Å². The lowest BCUT2D eigenvalue weighted by molar-refractivity contribution is 0.308. The lowest BCUT2D eigenvalue weighted by atomic mass is 9.69. The highest BCUT2D eigenvalue weighted by atomic mass is 15.0. The standard InChI is InChI=1S/C22H26N2/c1-3-10-19(11-4-1)22(14-7-2-8-15-22)17-24-21-20-12-6-5-9-18(20)13-16-23-21/h1,3-4,6,10-13,16H,2,5,7-9,14-15,17H2,(H,23,24). The molecule has 1 N–H and O–H groups in total. The molecule has 2 aliphatic carbocycles. The molecule has 1 fully saturated rings. The average Bonchev–Trinajstić information content (AvgIpc) is 2.68. The first-order valence-electron chi connectivity index (χ1n) is 9.31. The third-order valence-electron chi connectivity index (χ3n) is 5.74. The fourth-order valence-corrected chi connectivity index (χ4v) is 4.34. The molecule has 0 atom stereocenters. The van der Waals surface area contributed by atoms with Gasteiger partial charge in [-0.3, -0.25) is 0 Å². The van der Waals surface area contributed by atoms with Crippen LogP contribution in [0.3, 0.4) is 0 Å². The van der Waals surface area contributed by atoms with Crippen molar-refractivity contribution in [3.05, 3.63) is 65.4 Å². The molecule has 0 amide bonds. The summed E-state index contributed by atoms with van der Waals surface area (Å²) in [6.45, 7) is 0.980. The van der Waals surface area contributed by atoms with E-state index >= 15 is 0 Å². The third kappa shape index (κ3) is 2.98. The van der Waals surface area contributed by atoms with Crippen molar-refractivity contribution in [2.24, 2.45) is 0 Å². The van der Waals surface area contributed by atoms with E-state index in [2.05, 4.69) is 58.9 Å². The van der Waals surface area contributed by atoms with Crippen molar-refractivity contribution in [2.75, 3.05) is 11.9 Å². The van der Waals surface area contributed by atoms with E-state index in [1.54, 1.807) is 0 Å². The maximum atomic E-state index is 4.64. The SMILES string of the molecule is C1=Cc2c(ccnc2NCC2(c3ccccc3)CCCCC2)CC1. The maximum absolute atomic E-state index is 4.64. The van der Waals surface area contributed by atoms with Crippen LogP contribution in [0.4, 0.5) is 5.82 Å². The number of allylic oxidation sites excluding steroid dienone is 1. The monoisotopic (exact) mass is 318 g/mol. The van der Waals surface area contributed by atoms with Crippen molar-refractivity contribution < 1.29 is 0 Å². The number of aryl methyl sites for hydroxylation is 1. The van der Waals surface area contributed by atoms with E-state index in [-0.39, 0.29) is 5.41 Å². The average molecular weight is 318 g/mol. The van der Waals surface area contributed by atoms with Crippen molar-refractivity contribution >= 4 is 11.9 Å². The largest absolute Gasteiger partial charge is 0.369 e. The number of hydrogen-bond donors (Lipinski definition) is 1. The van der Waals surface area contributed by atoms with E-state index in [0.717, 1.165) is 25.2 Å². The number of aromatic nitrogens is 1.